The minimum atomic E-state index is 0.680. The van der Waals surface area contributed by atoms with E-state index in [0.717, 1.165) is 6.42 Å². The lowest BCUT2D eigenvalue weighted by atomic mass is 10.3. The van der Waals surface area contributed by atoms with E-state index in [2.05, 4.69) is 4.99 Å². The van der Waals surface area contributed by atoms with Crippen LogP contribution in [0.5, 0.6) is 0 Å². The predicted molar refractivity (Wildman–Crippen MR) is 41.3 cm³/mol. The average Bonchev–Trinajstić information content (AvgIpc) is 1.89. The molecule has 54 valence electrons. The van der Waals surface area contributed by atoms with Crippen LogP contribution in [0.15, 0.2) is 28.9 Å². The van der Waals surface area contributed by atoms with Crippen LogP contribution in [-0.2, 0) is 4.79 Å². The Hall–Kier alpha value is -1.14. The fraction of sp³-hybridized carbons (Fsp3) is 0.375. The normalized spacial score (nSPS) is 11.6. The summed E-state index contributed by atoms with van der Waals surface area (Å²) in [6.45, 7) is 3.80. The number of hydrogen-bond donors (Lipinski definition) is 0. The molecule has 0 aliphatic rings. The second kappa shape index (κ2) is 5.99. The van der Waals surface area contributed by atoms with Gasteiger partial charge in [-0.05, 0) is 19.4 Å². The van der Waals surface area contributed by atoms with Crippen molar-refractivity contribution < 1.29 is 4.79 Å². The third-order valence-corrected chi connectivity index (χ3v) is 0.931. The summed E-state index contributed by atoms with van der Waals surface area (Å²) in [7, 11) is 0. The Labute approximate surface area is 61.0 Å². The van der Waals surface area contributed by atoms with Gasteiger partial charge in [-0.3, -0.25) is 0 Å². The summed E-state index contributed by atoms with van der Waals surface area (Å²) in [5.41, 5.74) is 0.680. The fourth-order valence-electron chi connectivity index (χ4n) is 0.453. The third-order valence-electron chi connectivity index (χ3n) is 0.931. The second-order valence-corrected chi connectivity index (χ2v) is 1.85. The molecule has 0 saturated heterocycles. The molecular weight excluding hydrogens is 126 g/mol. The Morgan fingerprint density at radius 3 is 2.90 bits per heavy atom. The minimum Gasteiger partial charge on any atom is -0.211 e. The predicted octanol–water partition coefficient (Wildman–Crippen LogP) is 2.19. The molecule has 0 aromatic carbocycles. The quantitative estimate of drug-likeness (QED) is 0.333. The van der Waals surface area contributed by atoms with Gasteiger partial charge in [0.25, 0.3) is 0 Å². The van der Waals surface area contributed by atoms with E-state index in [1.54, 1.807) is 13.0 Å². The molecule has 0 rings (SSSR count). The van der Waals surface area contributed by atoms with Crippen molar-refractivity contribution in [1.29, 1.82) is 0 Å². The monoisotopic (exact) mass is 137 g/mol. The summed E-state index contributed by atoms with van der Waals surface area (Å²) >= 11 is 0. The van der Waals surface area contributed by atoms with E-state index in [-0.39, 0.29) is 0 Å². The van der Waals surface area contributed by atoms with E-state index in [1.165, 1.54) is 6.08 Å². The second-order valence-electron chi connectivity index (χ2n) is 1.85. The number of hydrogen-bond acceptors (Lipinski definition) is 2. The lowest BCUT2D eigenvalue weighted by Gasteiger charge is -1.80. The van der Waals surface area contributed by atoms with Crippen molar-refractivity contribution in [3.05, 3.63) is 23.9 Å². The van der Waals surface area contributed by atoms with E-state index in [1.807, 2.05) is 19.1 Å². The first-order valence-corrected chi connectivity index (χ1v) is 3.22. The Kier molecular flexibility index (Phi) is 5.30. The molecule has 0 aromatic heterocycles. The number of allylic oxidation sites excluding steroid dienone is 4. The molecule has 0 radical (unpaired) electrons. The van der Waals surface area contributed by atoms with Gasteiger partial charge in [0.05, 0.1) is 5.70 Å². The first kappa shape index (κ1) is 8.86. The fourth-order valence-corrected chi connectivity index (χ4v) is 0.453. The zero-order valence-corrected chi connectivity index (χ0v) is 6.29. The highest BCUT2D eigenvalue weighted by Crippen LogP contribution is 1.92. The summed E-state index contributed by atoms with van der Waals surface area (Å²) in [5.74, 6) is 0. The molecule has 2 nitrogen and oxygen atoms in total. The summed E-state index contributed by atoms with van der Waals surface area (Å²) in [5, 5.41) is 0. The van der Waals surface area contributed by atoms with Crippen LogP contribution >= 0.6 is 0 Å². The molecule has 0 spiro atoms. The van der Waals surface area contributed by atoms with Gasteiger partial charge in [0.15, 0.2) is 0 Å². The van der Waals surface area contributed by atoms with Crippen molar-refractivity contribution in [1.82, 2.24) is 0 Å². The Balaban J connectivity index is 3.91. The van der Waals surface area contributed by atoms with E-state index in [4.69, 9.17) is 0 Å². The molecular formula is C8H11NO. The number of carbonyl (C=O) groups excluding carboxylic acids is 1. The Bertz CT molecular complexity index is 185. The highest BCUT2D eigenvalue weighted by atomic mass is 16.1. The van der Waals surface area contributed by atoms with Gasteiger partial charge < -0.3 is 0 Å². The average molecular weight is 137 g/mol. The maximum Gasteiger partial charge on any atom is 0.240 e. The highest BCUT2D eigenvalue weighted by Gasteiger charge is 1.76. The largest absolute Gasteiger partial charge is 0.240 e. The molecule has 0 fully saturated rings. The Morgan fingerprint density at radius 2 is 2.40 bits per heavy atom. The van der Waals surface area contributed by atoms with E-state index < -0.39 is 0 Å². The first-order chi connectivity index (χ1) is 4.81. The molecule has 0 unspecified atom stereocenters. The summed E-state index contributed by atoms with van der Waals surface area (Å²) < 4.78 is 0. The van der Waals surface area contributed by atoms with Gasteiger partial charge in [0.2, 0.25) is 6.08 Å². The van der Waals surface area contributed by atoms with Crippen LogP contribution in [0.25, 0.3) is 0 Å². The van der Waals surface area contributed by atoms with Gasteiger partial charge >= 0.3 is 0 Å². The molecule has 0 amide bonds. The molecule has 2 heteroatoms. The summed E-state index contributed by atoms with van der Waals surface area (Å²) in [6.07, 6.45) is 8.10. The molecule has 0 aliphatic heterocycles. The maximum atomic E-state index is 9.69. The summed E-state index contributed by atoms with van der Waals surface area (Å²) in [6, 6.07) is 0. The van der Waals surface area contributed by atoms with Gasteiger partial charge in [-0.2, -0.15) is 4.99 Å². The van der Waals surface area contributed by atoms with Crippen LogP contribution < -0.4 is 0 Å². The molecule has 0 bridgehead atoms. The van der Waals surface area contributed by atoms with Crippen molar-refractivity contribution in [3.8, 4) is 0 Å². The van der Waals surface area contributed by atoms with E-state index in [9.17, 15) is 4.79 Å². The minimum absolute atomic E-state index is 0.680. The number of rotatable bonds is 3. The van der Waals surface area contributed by atoms with Crippen molar-refractivity contribution >= 4 is 6.08 Å². The molecule has 0 saturated carbocycles. The van der Waals surface area contributed by atoms with Gasteiger partial charge in [-0.25, -0.2) is 4.79 Å². The zero-order valence-electron chi connectivity index (χ0n) is 6.29. The highest BCUT2D eigenvalue weighted by molar-refractivity contribution is 5.37. The maximum absolute atomic E-state index is 9.69. The van der Waals surface area contributed by atoms with Crippen LogP contribution in [0.1, 0.15) is 20.3 Å². The van der Waals surface area contributed by atoms with Gasteiger partial charge in [-0.1, -0.05) is 19.1 Å². The van der Waals surface area contributed by atoms with Crippen LogP contribution in [0.2, 0.25) is 0 Å². The van der Waals surface area contributed by atoms with Crippen molar-refractivity contribution in [3.63, 3.8) is 0 Å². The number of aliphatic imine (C=N–C) groups is 1. The molecule has 0 aromatic rings. The standard InChI is InChI=1S/C8H11NO/c1-3-4-5-6-8(2)9-7-10/h4-6H,3H2,1-2H3/b5-4-,8-6+. The molecule has 0 heterocycles. The van der Waals surface area contributed by atoms with Gasteiger partial charge in [0, 0.05) is 0 Å². The Morgan fingerprint density at radius 1 is 1.70 bits per heavy atom. The van der Waals surface area contributed by atoms with Crippen molar-refractivity contribution in [2.45, 2.75) is 20.3 Å². The SMILES string of the molecule is CC/C=C\C=C(/C)N=C=O. The topological polar surface area (TPSA) is 29.4 Å². The summed E-state index contributed by atoms with van der Waals surface area (Å²) in [4.78, 5) is 13.1. The molecule has 0 atom stereocenters. The number of nitrogens with zero attached hydrogens (tertiary/aromatic N) is 1. The van der Waals surface area contributed by atoms with Crippen LogP contribution in [0, 0.1) is 0 Å². The lowest BCUT2D eigenvalue weighted by molar-refractivity contribution is 0.564. The zero-order chi connectivity index (χ0) is 7.82. The van der Waals surface area contributed by atoms with Crippen molar-refractivity contribution in [2.75, 3.05) is 0 Å². The van der Waals surface area contributed by atoms with Crippen LogP contribution in [-0.4, -0.2) is 6.08 Å². The lowest BCUT2D eigenvalue weighted by Crippen LogP contribution is -1.64. The van der Waals surface area contributed by atoms with Gasteiger partial charge in [0.1, 0.15) is 0 Å². The van der Waals surface area contributed by atoms with Gasteiger partial charge in [-0.15, -0.1) is 0 Å². The van der Waals surface area contributed by atoms with Crippen molar-refractivity contribution in [2.24, 2.45) is 4.99 Å². The van der Waals surface area contributed by atoms with E-state index in [0.29, 0.717) is 5.70 Å². The third kappa shape index (κ3) is 5.01. The van der Waals surface area contributed by atoms with Crippen LogP contribution in [0.3, 0.4) is 0 Å². The number of isocyanates is 1. The molecule has 0 aliphatic carbocycles. The molecule has 0 N–H and O–H groups in total. The van der Waals surface area contributed by atoms with E-state index >= 15 is 0 Å². The smallest absolute Gasteiger partial charge is 0.211 e. The first-order valence-electron chi connectivity index (χ1n) is 3.22. The molecule has 10 heavy (non-hydrogen) atoms. The van der Waals surface area contributed by atoms with Crippen LogP contribution in [0.4, 0.5) is 0 Å².